The first-order valence-corrected chi connectivity index (χ1v) is 9.06. The normalized spacial score (nSPS) is 13.8. The molecule has 1 aromatic carbocycles. The second-order valence-corrected chi connectivity index (χ2v) is 6.38. The Morgan fingerprint density at radius 3 is 2.96 bits per heavy atom. The maximum absolute atomic E-state index is 12.1. The predicted octanol–water partition coefficient (Wildman–Crippen LogP) is 1.93. The molecule has 1 saturated carbocycles. The lowest BCUT2D eigenvalue weighted by Crippen LogP contribution is -2.41. The number of likely N-dealkylation sites (N-methyl/N-ethyl adjacent to an activating group) is 1. The lowest BCUT2D eigenvalue weighted by molar-refractivity contribution is -0.114. The number of aliphatic imine (C=N–C) groups is 1. The van der Waals surface area contributed by atoms with E-state index in [-0.39, 0.29) is 12.5 Å². The molecular formula is C20H28N4O2. The first-order chi connectivity index (χ1) is 12.6. The minimum atomic E-state index is -0.187. The number of nitrogens with zero attached hydrogens (tertiary/aromatic N) is 2. The number of rotatable bonds is 9. The Morgan fingerprint density at radius 2 is 2.27 bits per heavy atom. The summed E-state index contributed by atoms with van der Waals surface area (Å²) < 4.78 is 5.66. The van der Waals surface area contributed by atoms with Gasteiger partial charge in [0.1, 0.15) is 6.54 Å². The molecule has 140 valence electrons. The highest BCUT2D eigenvalue weighted by Gasteiger charge is 2.21. The number of benzene rings is 1. The number of nitrogens with one attached hydrogen (secondary N) is 2. The van der Waals surface area contributed by atoms with Crippen LogP contribution in [0.4, 0.5) is 5.69 Å². The van der Waals surface area contributed by atoms with Gasteiger partial charge in [0.05, 0.1) is 6.61 Å². The number of guanidine groups is 1. The molecule has 0 aliphatic heterocycles. The second-order valence-electron chi connectivity index (χ2n) is 6.38. The number of carbonyl (C=O) groups excluding carboxylic acids is 1. The van der Waals surface area contributed by atoms with Gasteiger partial charge in [-0.25, -0.2) is 4.99 Å². The number of hydrogen-bond donors (Lipinski definition) is 2. The largest absolute Gasteiger partial charge is 0.379 e. The number of ether oxygens (including phenoxy) is 1. The molecule has 2 N–H and O–H groups in total. The van der Waals surface area contributed by atoms with Crippen molar-refractivity contribution in [1.82, 2.24) is 10.2 Å². The van der Waals surface area contributed by atoms with Crippen molar-refractivity contribution in [3.8, 4) is 12.3 Å². The molecule has 26 heavy (non-hydrogen) atoms. The monoisotopic (exact) mass is 356 g/mol. The van der Waals surface area contributed by atoms with Gasteiger partial charge >= 0.3 is 0 Å². The van der Waals surface area contributed by atoms with Gasteiger partial charge in [-0.2, -0.15) is 0 Å². The van der Waals surface area contributed by atoms with Crippen LogP contribution >= 0.6 is 0 Å². The molecule has 0 aromatic heterocycles. The van der Waals surface area contributed by atoms with Crippen LogP contribution in [-0.4, -0.2) is 56.7 Å². The molecule has 0 unspecified atom stereocenters. The average Bonchev–Trinajstić information content (AvgIpc) is 3.46. The molecular weight excluding hydrogens is 328 g/mol. The fourth-order valence-electron chi connectivity index (χ4n) is 2.35. The third-order valence-corrected chi connectivity index (χ3v) is 4.00. The summed E-state index contributed by atoms with van der Waals surface area (Å²) in [5.74, 6) is 3.82. The van der Waals surface area contributed by atoms with E-state index in [4.69, 9.17) is 11.2 Å². The summed E-state index contributed by atoms with van der Waals surface area (Å²) in [6.45, 7) is 5.00. The van der Waals surface area contributed by atoms with Gasteiger partial charge in [0, 0.05) is 38.0 Å². The van der Waals surface area contributed by atoms with E-state index in [1.54, 1.807) is 12.1 Å². The molecule has 0 bridgehead atoms. The molecule has 1 aliphatic rings. The molecule has 0 saturated heterocycles. The summed E-state index contributed by atoms with van der Waals surface area (Å²) >= 11 is 0. The maximum Gasteiger partial charge on any atom is 0.246 e. The molecule has 6 heteroatoms. The fourth-order valence-corrected chi connectivity index (χ4v) is 2.35. The first-order valence-electron chi connectivity index (χ1n) is 9.06. The van der Waals surface area contributed by atoms with Gasteiger partial charge in [0.2, 0.25) is 5.91 Å². The standard InChI is InChI=1S/C20H28N4O2/c1-4-16-7-6-8-18(13-16)23-19(25)14-22-20(21-5-2)24(3)11-12-26-15-17-9-10-17/h1,6-8,13,17H,5,9-12,14-15H2,2-3H3,(H,21,22)(H,23,25). The minimum Gasteiger partial charge on any atom is -0.379 e. The summed E-state index contributed by atoms with van der Waals surface area (Å²) in [6.07, 6.45) is 7.96. The third kappa shape index (κ3) is 7.16. The molecule has 2 rings (SSSR count). The van der Waals surface area contributed by atoms with Crippen molar-refractivity contribution in [1.29, 1.82) is 0 Å². The molecule has 1 aromatic rings. The molecule has 0 atom stereocenters. The molecule has 0 radical (unpaired) electrons. The Hall–Kier alpha value is -2.52. The second kappa shape index (κ2) is 10.5. The highest BCUT2D eigenvalue weighted by atomic mass is 16.5. The summed E-state index contributed by atoms with van der Waals surface area (Å²) in [5.41, 5.74) is 1.40. The van der Waals surface area contributed by atoms with Gasteiger partial charge in [-0.15, -0.1) is 6.42 Å². The highest BCUT2D eigenvalue weighted by molar-refractivity contribution is 5.94. The maximum atomic E-state index is 12.1. The molecule has 0 heterocycles. The summed E-state index contributed by atoms with van der Waals surface area (Å²) in [6, 6.07) is 7.19. The molecule has 6 nitrogen and oxygen atoms in total. The van der Waals surface area contributed by atoms with Crippen LogP contribution in [0.1, 0.15) is 25.3 Å². The SMILES string of the molecule is C#Cc1cccc(NC(=O)CN=C(NCC)N(C)CCOCC2CC2)c1. The van der Waals surface area contributed by atoms with E-state index >= 15 is 0 Å². The number of terminal acetylenes is 1. The zero-order valence-electron chi connectivity index (χ0n) is 15.6. The zero-order valence-corrected chi connectivity index (χ0v) is 15.6. The minimum absolute atomic E-state index is 0.0376. The number of amides is 1. The van der Waals surface area contributed by atoms with E-state index in [0.717, 1.165) is 31.2 Å². The van der Waals surface area contributed by atoms with Crippen LogP contribution in [0.3, 0.4) is 0 Å². The van der Waals surface area contributed by atoms with Crippen molar-refractivity contribution >= 4 is 17.6 Å². The van der Waals surface area contributed by atoms with Crippen LogP contribution in [0, 0.1) is 18.3 Å². The Bertz CT molecular complexity index is 662. The number of anilines is 1. The van der Waals surface area contributed by atoms with E-state index in [1.807, 2.05) is 31.0 Å². The van der Waals surface area contributed by atoms with E-state index in [2.05, 4.69) is 21.5 Å². The fraction of sp³-hybridized carbons (Fsp3) is 0.500. The highest BCUT2D eigenvalue weighted by Crippen LogP contribution is 2.28. The zero-order chi connectivity index (χ0) is 18.8. The number of hydrogen-bond acceptors (Lipinski definition) is 3. The van der Waals surface area contributed by atoms with Crippen LogP contribution in [0.15, 0.2) is 29.3 Å². The summed E-state index contributed by atoms with van der Waals surface area (Å²) in [4.78, 5) is 18.5. The lowest BCUT2D eigenvalue weighted by atomic mass is 10.2. The van der Waals surface area contributed by atoms with Crippen molar-refractivity contribution in [2.45, 2.75) is 19.8 Å². The van der Waals surface area contributed by atoms with Crippen molar-refractivity contribution in [2.75, 3.05) is 45.2 Å². The summed E-state index contributed by atoms with van der Waals surface area (Å²) in [7, 11) is 1.94. The molecule has 1 fully saturated rings. The Kier molecular flexibility index (Phi) is 7.97. The van der Waals surface area contributed by atoms with E-state index in [0.29, 0.717) is 18.3 Å². The molecule has 1 aliphatic carbocycles. The topological polar surface area (TPSA) is 66.0 Å². The van der Waals surface area contributed by atoms with Gasteiger partial charge < -0.3 is 20.3 Å². The molecule has 1 amide bonds. The van der Waals surface area contributed by atoms with E-state index < -0.39 is 0 Å². The first kappa shape index (κ1) is 19.8. The van der Waals surface area contributed by atoms with Gasteiger partial charge in [-0.1, -0.05) is 12.0 Å². The summed E-state index contributed by atoms with van der Waals surface area (Å²) in [5, 5.41) is 6.01. The van der Waals surface area contributed by atoms with Gasteiger partial charge in [0.25, 0.3) is 0 Å². The Morgan fingerprint density at radius 1 is 1.46 bits per heavy atom. The van der Waals surface area contributed by atoms with Crippen LogP contribution in [-0.2, 0) is 9.53 Å². The van der Waals surface area contributed by atoms with Crippen molar-refractivity contribution < 1.29 is 9.53 Å². The van der Waals surface area contributed by atoms with Gasteiger partial charge in [0.15, 0.2) is 5.96 Å². The van der Waals surface area contributed by atoms with Crippen LogP contribution in [0.5, 0.6) is 0 Å². The van der Waals surface area contributed by atoms with E-state index in [1.165, 1.54) is 12.8 Å². The Labute approximate surface area is 156 Å². The lowest BCUT2D eigenvalue weighted by Gasteiger charge is -2.22. The van der Waals surface area contributed by atoms with Gasteiger partial charge in [-0.3, -0.25) is 4.79 Å². The van der Waals surface area contributed by atoms with Crippen molar-refractivity contribution in [2.24, 2.45) is 10.9 Å². The van der Waals surface area contributed by atoms with Crippen LogP contribution in [0.25, 0.3) is 0 Å². The third-order valence-electron chi connectivity index (χ3n) is 4.00. The molecule has 0 spiro atoms. The smallest absolute Gasteiger partial charge is 0.246 e. The average molecular weight is 356 g/mol. The van der Waals surface area contributed by atoms with Crippen molar-refractivity contribution in [3.63, 3.8) is 0 Å². The Balaban J connectivity index is 1.81. The van der Waals surface area contributed by atoms with Crippen LogP contribution < -0.4 is 10.6 Å². The van der Waals surface area contributed by atoms with Crippen LogP contribution in [0.2, 0.25) is 0 Å². The van der Waals surface area contributed by atoms with Gasteiger partial charge in [-0.05, 0) is 43.9 Å². The quantitative estimate of drug-likeness (QED) is 0.307. The van der Waals surface area contributed by atoms with Crippen molar-refractivity contribution in [3.05, 3.63) is 29.8 Å². The van der Waals surface area contributed by atoms with E-state index in [9.17, 15) is 4.79 Å². The predicted molar refractivity (Wildman–Crippen MR) is 105 cm³/mol. The number of carbonyl (C=O) groups is 1.